The maximum Gasteiger partial charge on any atom is 0.236 e. The van der Waals surface area contributed by atoms with E-state index in [4.69, 9.17) is 4.74 Å². The number of benzene rings is 3. The SMILES string of the molecule is COc1ccc(N2CCN(C(=O)CN[C@@H](C)c3cccc4ccccc34)CC2)cc1. The summed E-state index contributed by atoms with van der Waals surface area (Å²) in [5.74, 6) is 1.02. The van der Waals surface area contributed by atoms with E-state index in [1.165, 1.54) is 22.0 Å². The lowest BCUT2D eigenvalue weighted by Crippen LogP contribution is -2.51. The summed E-state index contributed by atoms with van der Waals surface area (Å²) < 4.78 is 5.23. The maximum atomic E-state index is 12.8. The smallest absolute Gasteiger partial charge is 0.236 e. The van der Waals surface area contributed by atoms with E-state index in [2.05, 4.69) is 71.7 Å². The molecule has 1 amide bonds. The number of nitrogens with zero attached hydrogens (tertiary/aromatic N) is 2. The van der Waals surface area contributed by atoms with E-state index in [0.717, 1.165) is 31.9 Å². The average Bonchev–Trinajstić information content (AvgIpc) is 2.82. The number of piperazine rings is 1. The van der Waals surface area contributed by atoms with Crippen LogP contribution in [0.15, 0.2) is 66.7 Å². The minimum atomic E-state index is 0.112. The van der Waals surface area contributed by atoms with Crippen molar-refractivity contribution in [2.75, 3.05) is 44.7 Å². The van der Waals surface area contributed by atoms with Crippen LogP contribution in [0.5, 0.6) is 5.75 Å². The first-order valence-corrected chi connectivity index (χ1v) is 10.5. The molecule has 1 fully saturated rings. The van der Waals surface area contributed by atoms with Gasteiger partial charge in [0.25, 0.3) is 0 Å². The zero-order chi connectivity index (χ0) is 20.9. The molecule has 0 aromatic heterocycles. The molecule has 1 saturated heterocycles. The summed E-state index contributed by atoms with van der Waals surface area (Å²) in [5, 5.41) is 5.89. The molecule has 0 spiro atoms. The molecule has 0 saturated carbocycles. The number of hydrogen-bond donors (Lipinski definition) is 1. The number of rotatable bonds is 6. The number of amides is 1. The molecule has 1 aliphatic heterocycles. The monoisotopic (exact) mass is 403 g/mol. The number of nitrogens with one attached hydrogen (secondary N) is 1. The zero-order valence-corrected chi connectivity index (χ0v) is 17.7. The largest absolute Gasteiger partial charge is 0.497 e. The van der Waals surface area contributed by atoms with Crippen LogP contribution in [0.25, 0.3) is 10.8 Å². The lowest BCUT2D eigenvalue weighted by atomic mass is 10.00. The summed E-state index contributed by atoms with van der Waals surface area (Å²) in [7, 11) is 1.68. The van der Waals surface area contributed by atoms with Crippen molar-refractivity contribution in [3.63, 3.8) is 0 Å². The molecule has 1 heterocycles. The molecule has 0 radical (unpaired) electrons. The third kappa shape index (κ3) is 4.41. The Hall–Kier alpha value is -3.05. The predicted molar refractivity (Wildman–Crippen MR) is 122 cm³/mol. The van der Waals surface area contributed by atoms with Crippen LogP contribution in [0.2, 0.25) is 0 Å². The highest BCUT2D eigenvalue weighted by molar-refractivity contribution is 5.86. The van der Waals surface area contributed by atoms with E-state index in [1.807, 2.05) is 17.0 Å². The molecule has 5 nitrogen and oxygen atoms in total. The molecule has 4 rings (SSSR count). The summed E-state index contributed by atoms with van der Waals surface area (Å²) in [4.78, 5) is 17.0. The second-order valence-electron chi connectivity index (χ2n) is 7.74. The van der Waals surface area contributed by atoms with Crippen molar-refractivity contribution in [2.24, 2.45) is 0 Å². The zero-order valence-electron chi connectivity index (χ0n) is 17.7. The van der Waals surface area contributed by atoms with Crippen LogP contribution in [-0.4, -0.2) is 50.6 Å². The Kier molecular flexibility index (Phi) is 6.19. The standard InChI is InChI=1S/C25H29N3O2/c1-19(23-9-5-7-20-6-3-4-8-24(20)23)26-18-25(29)28-16-14-27(15-17-28)21-10-12-22(30-2)13-11-21/h3-13,19,26H,14-18H2,1-2H3/t19-/m0/s1. The number of carbonyl (C=O) groups excluding carboxylic acids is 1. The van der Waals surface area contributed by atoms with Crippen molar-refractivity contribution in [2.45, 2.75) is 13.0 Å². The molecular weight excluding hydrogens is 374 g/mol. The third-order valence-electron chi connectivity index (χ3n) is 5.92. The molecule has 0 aliphatic carbocycles. The molecule has 1 aliphatic rings. The molecule has 5 heteroatoms. The van der Waals surface area contributed by atoms with Crippen LogP contribution in [0.3, 0.4) is 0 Å². The number of ether oxygens (including phenoxy) is 1. The van der Waals surface area contributed by atoms with Crippen LogP contribution in [0.1, 0.15) is 18.5 Å². The van der Waals surface area contributed by atoms with Crippen molar-refractivity contribution in [1.82, 2.24) is 10.2 Å². The van der Waals surface area contributed by atoms with Gasteiger partial charge >= 0.3 is 0 Å². The Morgan fingerprint density at radius 1 is 0.967 bits per heavy atom. The molecule has 30 heavy (non-hydrogen) atoms. The summed E-state index contributed by atoms with van der Waals surface area (Å²) in [6.07, 6.45) is 0. The molecular formula is C25H29N3O2. The normalized spacial score (nSPS) is 15.3. The molecule has 3 aromatic carbocycles. The van der Waals surface area contributed by atoms with E-state index < -0.39 is 0 Å². The fraction of sp³-hybridized carbons (Fsp3) is 0.320. The van der Waals surface area contributed by atoms with Gasteiger partial charge < -0.3 is 19.9 Å². The topological polar surface area (TPSA) is 44.8 Å². The Morgan fingerprint density at radius 2 is 1.67 bits per heavy atom. The van der Waals surface area contributed by atoms with E-state index in [9.17, 15) is 4.79 Å². The van der Waals surface area contributed by atoms with Gasteiger partial charge in [0, 0.05) is 37.9 Å². The minimum Gasteiger partial charge on any atom is -0.497 e. The Bertz CT molecular complexity index is 989. The van der Waals surface area contributed by atoms with Crippen LogP contribution >= 0.6 is 0 Å². The van der Waals surface area contributed by atoms with Gasteiger partial charge in [0.05, 0.1) is 13.7 Å². The maximum absolute atomic E-state index is 12.8. The molecule has 1 N–H and O–H groups in total. The van der Waals surface area contributed by atoms with E-state index >= 15 is 0 Å². The van der Waals surface area contributed by atoms with Gasteiger partial charge in [-0.25, -0.2) is 0 Å². The third-order valence-corrected chi connectivity index (χ3v) is 5.92. The molecule has 0 unspecified atom stereocenters. The van der Waals surface area contributed by atoms with Gasteiger partial charge in [0.2, 0.25) is 5.91 Å². The highest BCUT2D eigenvalue weighted by atomic mass is 16.5. The lowest BCUT2D eigenvalue weighted by Gasteiger charge is -2.36. The van der Waals surface area contributed by atoms with Crippen molar-refractivity contribution in [1.29, 1.82) is 0 Å². The number of anilines is 1. The van der Waals surface area contributed by atoms with E-state index in [0.29, 0.717) is 6.54 Å². The summed E-state index contributed by atoms with van der Waals surface area (Å²) in [5.41, 5.74) is 2.40. The Labute approximate surface area is 178 Å². The summed E-state index contributed by atoms with van der Waals surface area (Å²) in [6, 6.07) is 22.9. The lowest BCUT2D eigenvalue weighted by molar-refractivity contribution is -0.130. The van der Waals surface area contributed by atoms with Crippen molar-refractivity contribution in [3.8, 4) is 5.75 Å². The van der Waals surface area contributed by atoms with E-state index in [-0.39, 0.29) is 11.9 Å². The van der Waals surface area contributed by atoms with Crippen molar-refractivity contribution >= 4 is 22.4 Å². The summed E-state index contributed by atoms with van der Waals surface area (Å²) in [6.45, 7) is 5.65. The fourth-order valence-corrected chi connectivity index (χ4v) is 4.10. The second kappa shape index (κ2) is 9.18. The Morgan fingerprint density at radius 3 is 2.40 bits per heavy atom. The van der Waals surface area contributed by atoms with Crippen molar-refractivity contribution < 1.29 is 9.53 Å². The van der Waals surface area contributed by atoms with Crippen LogP contribution in [0.4, 0.5) is 5.69 Å². The number of fused-ring (bicyclic) bond motifs is 1. The molecule has 1 atom stereocenters. The van der Waals surface area contributed by atoms with Gasteiger partial charge in [-0.3, -0.25) is 4.79 Å². The van der Waals surface area contributed by atoms with Gasteiger partial charge in [-0.05, 0) is 47.5 Å². The van der Waals surface area contributed by atoms with Crippen LogP contribution < -0.4 is 15.0 Å². The highest BCUT2D eigenvalue weighted by Gasteiger charge is 2.22. The number of hydrogen-bond acceptors (Lipinski definition) is 4. The minimum absolute atomic E-state index is 0.112. The predicted octanol–water partition coefficient (Wildman–Crippen LogP) is 3.85. The van der Waals surface area contributed by atoms with Crippen LogP contribution in [0, 0.1) is 0 Å². The van der Waals surface area contributed by atoms with Crippen LogP contribution in [-0.2, 0) is 4.79 Å². The average molecular weight is 404 g/mol. The van der Waals surface area contributed by atoms with Gasteiger partial charge in [0.1, 0.15) is 5.75 Å². The fourth-order valence-electron chi connectivity index (χ4n) is 4.10. The second-order valence-corrected chi connectivity index (χ2v) is 7.74. The quantitative estimate of drug-likeness (QED) is 0.679. The van der Waals surface area contributed by atoms with Gasteiger partial charge in [-0.2, -0.15) is 0 Å². The van der Waals surface area contributed by atoms with E-state index in [1.54, 1.807) is 7.11 Å². The molecule has 156 valence electrons. The van der Waals surface area contributed by atoms with Gasteiger partial charge in [-0.1, -0.05) is 42.5 Å². The first-order valence-electron chi connectivity index (χ1n) is 10.5. The molecule has 3 aromatic rings. The molecule has 0 bridgehead atoms. The first-order chi connectivity index (χ1) is 14.7. The Balaban J connectivity index is 1.30. The van der Waals surface area contributed by atoms with Crippen molar-refractivity contribution in [3.05, 3.63) is 72.3 Å². The highest BCUT2D eigenvalue weighted by Crippen LogP contribution is 2.24. The first kappa shape index (κ1) is 20.2. The van der Waals surface area contributed by atoms with Gasteiger partial charge in [0.15, 0.2) is 0 Å². The number of methoxy groups -OCH3 is 1. The number of carbonyl (C=O) groups is 1. The van der Waals surface area contributed by atoms with Gasteiger partial charge in [-0.15, -0.1) is 0 Å². The summed E-state index contributed by atoms with van der Waals surface area (Å²) >= 11 is 0.